The van der Waals surface area contributed by atoms with Crippen LogP contribution in [0.3, 0.4) is 0 Å². The van der Waals surface area contributed by atoms with Gasteiger partial charge in [0.15, 0.2) is 0 Å². The zero-order chi connectivity index (χ0) is 12.8. The van der Waals surface area contributed by atoms with Gasteiger partial charge in [-0.2, -0.15) is 13.2 Å². The minimum Gasteiger partial charge on any atom is -0.372 e. The summed E-state index contributed by atoms with van der Waals surface area (Å²) in [6.07, 6.45) is -2.81. The van der Waals surface area contributed by atoms with Crippen molar-refractivity contribution in [3.63, 3.8) is 0 Å². The van der Waals surface area contributed by atoms with Crippen molar-refractivity contribution in [1.82, 2.24) is 0 Å². The second-order valence-corrected chi connectivity index (χ2v) is 5.34. The molecule has 0 fully saturated rings. The predicted molar refractivity (Wildman–Crippen MR) is 59.8 cm³/mol. The highest BCUT2D eigenvalue weighted by atomic mass is 35.5. The number of ether oxygens (including phenoxy) is 1. The Morgan fingerprint density at radius 1 is 1.19 bits per heavy atom. The third kappa shape index (κ3) is 8.22. The van der Waals surface area contributed by atoms with Crippen LogP contribution in [0.25, 0.3) is 0 Å². The van der Waals surface area contributed by atoms with Crippen molar-refractivity contribution in [1.29, 1.82) is 0 Å². The quantitative estimate of drug-likeness (QED) is 0.513. The van der Waals surface area contributed by atoms with E-state index in [9.17, 15) is 13.2 Å². The van der Waals surface area contributed by atoms with Crippen LogP contribution in [0, 0.1) is 11.3 Å². The molecule has 0 aromatic heterocycles. The van der Waals surface area contributed by atoms with Crippen molar-refractivity contribution in [3.05, 3.63) is 0 Å². The molecule has 5 heteroatoms. The standard InChI is InChI=1S/C11H20ClF3O/c1-10(2,3)9(7-12)5-4-6-16-8-11(13,14)15/h9H,4-8H2,1-3H3. The maximum absolute atomic E-state index is 11.8. The van der Waals surface area contributed by atoms with E-state index < -0.39 is 12.8 Å². The van der Waals surface area contributed by atoms with Crippen LogP contribution in [0.5, 0.6) is 0 Å². The SMILES string of the molecule is CC(C)(C)C(CCl)CCCOCC(F)(F)F. The predicted octanol–water partition coefficient (Wildman–Crippen LogP) is 4.25. The topological polar surface area (TPSA) is 9.23 Å². The van der Waals surface area contributed by atoms with E-state index in [1.165, 1.54) is 0 Å². The van der Waals surface area contributed by atoms with Crippen LogP contribution in [0.4, 0.5) is 13.2 Å². The smallest absolute Gasteiger partial charge is 0.372 e. The van der Waals surface area contributed by atoms with Gasteiger partial charge in [0.1, 0.15) is 6.61 Å². The number of rotatable bonds is 6. The van der Waals surface area contributed by atoms with Crippen molar-refractivity contribution >= 4 is 11.6 Å². The summed E-state index contributed by atoms with van der Waals surface area (Å²) in [7, 11) is 0. The number of hydrogen-bond donors (Lipinski definition) is 0. The van der Waals surface area contributed by atoms with E-state index in [1.807, 2.05) is 0 Å². The van der Waals surface area contributed by atoms with Gasteiger partial charge in [-0.15, -0.1) is 11.6 Å². The molecule has 0 spiro atoms. The summed E-state index contributed by atoms with van der Waals surface area (Å²) >= 11 is 5.82. The second-order valence-electron chi connectivity index (χ2n) is 5.03. The van der Waals surface area contributed by atoms with Crippen molar-refractivity contribution in [2.24, 2.45) is 11.3 Å². The normalized spacial score (nSPS) is 15.2. The lowest BCUT2D eigenvalue weighted by Gasteiger charge is -2.28. The van der Waals surface area contributed by atoms with E-state index in [1.54, 1.807) is 0 Å². The lowest BCUT2D eigenvalue weighted by molar-refractivity contribution is -0.174. The third-order valence-electron chi connectivity index (χ3n) is 2.52. The summed E-state index contributed by atoms with van der Waals surface area (Å²) in [5.74, 6) is 0.839. The van der Waals surface area contributed by atoms with Crippen LogP contribution < -0.4 is 0 Å². The molecule has 0 aromatic rings. The molecule has 0 amide bonds. The van der Waals surface area contributed by atoms with E-state index >= 15 is 0 Å². The highest BCUT2D eigenvalue weighted by Crippen LogP contribution is 2.30. The van der Waals surface area contributed by atoms with Crippen molar-refractivity contribution in [2.75, 3.05) is 19.1 Å². The molecule has 0 N–H and O–H groups in total. The van der Waals surface area contributed by atoms with E-state index in [0.717, 1.165) is 6.42 Å². The van der Waals surface area contributed by atoms with Gasteiger partial charge in [-0.25, -0.2) is 0 Å². The maximum atomic E-state index is 11.8. The molecule has 0 saturated heterocycles. The molecule has 0 aliphatic carbocycles. The van der Waals surface area contributed by atoms with Crippen molar-refractivity contribution < 1.29 is 17.9 Å². The van der Waals surface area contributed by atoms with Crippen LogP contribution in [0.15, 0.2) is 0 Å². The monoisotopic (exact) mass is 260 g/mol. The Bertz CT molecular complexity index is 187. The Morgan fingerprint density at radius 3 is 2.12 bits per heavy atom. The lowest BCUT2D eigenvalue weighted by Crippen LogP contribution is -2.23. The molecule has 0 radical (unpaired) electrons. The molecule has 1 nitrogen and oxygen atoms in total. The molecule has 0 aromatic carbocycles. The molecule has 98 valence electrons. The van der Waals surface area contributed by atoms with Gasteiger partial charge in [-0.3, -0.25) is 0 Å². The van der Waals surface area contributed by atoms with Crippen LogP contribution in [0.1, 0.15) is 33.6 Å². The van der Waals surface area contributed by atoms with Crippen LogP contribution in [0.2, 0.25) is 0 Å². The lowest BCUT2D eigenvalue weighted by atomic mass is 9.79. The molecule has 0 bridgehead atoms. The molecule has 16 heavy (non-hydrogen) atoms. The Morgan fingerprint density at radius 2 is 1.75 bits per heavy atom. The second kappa shape index (κ2) is 6.70. The molecule has 0 aliphatic heterocycles. The van der Waals surface area contributed by atoms with Gasteiger partial charge >= 0.3 is 6.18 Å². The maximum Gasteiger partial charge on any atom is 0.411 e. The van der Waals surface area contributed by atoms with Gasteiger partial charge in [-0.05, 0) is 24.2 Å². The van der Waals surface area contributed by atoms with Crippen LogP contribution in [-0.4, -0.2) is 25.3 Å². The average molecular weight is 261 g/mol. The van der Waals surface area contributed by atoms with Gasteiger partial charge in [-0.1, -0.05) is 20.8 Å². The fourth-order valence-corrected chi connectivity index (χ4v) is 1.98. The third-order valence-corrected chi connectivity index (χ3v) is 2.89. The fraction of sp³-hybridized carbons (Fsp3) is 1.00. The van der Waals surface area contributed by atoms with Crippen molar-refractivity contribution in [2.45, 2.75) is 39.8 Å². The fourth-order valence-electron chi connectivity index (χ4n) is 1.36. The zero-order valence-electron chi connectivity index (χ0n) is 10.0. The summed E-state index contributed by atoms with van der Waals surface area (Å²) in [4.78, 5) is 0. The summed E-state index contributed by atoms with van der Waals surface area (Å²) in [6, 6.07) is 0. The molecule has 0 heterocycles. The Labute approximate surface area is 100 Å². The minimum absolute atomic E-state index is 0.0891. The van der Waals surface area contributed by atoms with Crippen LogP contribution >= 0.6 is 11.6 Å². The Kier molecular flexibility index (Phi) is 6.71. The minimum atomic E-state index is -4.23. The van der Waals surface area contributed by atoms with Crippen LogP contribution in [-0.2, 0) is 4.74 Å². The van der Waals surface area contributed by atoms with Gasteiger partial charge in [0.05, 0.1) is 0 Å². The summed E-state index contributed by atoms with van der Waals surface area (Å²) in [5, 5.41) is 0. The van der Waals surface area contributed by atoms with E-state index in [2.05, 4.69) is 25.5 Å². The first-order chi connectivity index (χ1) is 7.17. The van der Waals surface area contributed by atoms with Gasteiger partial charge in [0, 0.05) is 12.5 Å². The molecule has 0 saturated carbocycles. The molecular weight excluding hydrogens is 241 g/mol. The number of halogens is 4. The Hall–Kier alpha value is 0.0400. The summed E-state index contributed by atoms with van der Waals surface area (Å²) in [6.45, 7) is 5.22. The van der Waals surface area contributed by atoms with E-state index in [0.29, 0.717) is 18.2 Å². The van der Waals surface area contributed by atoms with Gasteiger partial charge in [0.2, 0.25) is 0 Å². The summed E-state index contributed by atoms with van der Waals surface area (Å²) in [5.41, 5.74) is 0.0891. The molecule has 0 rings (SSSR count). The van der Waals surface area contributed by atoms with Gasteiger partial charge in [0.25, 0.3) is 0 Å². The van der Waals surface area contributed by atoms with E-state index in [-0.39, 0.29) is 12.0 Å². The number of hydrogen-bond acceptors (Lipinski definition) is 1. The Balaban J connectivity index is 3.65. The largest absolute Gasteiger partial charge is 0.411 e. The molecule has 1 unspecified atom stereocenters. The summed E-state index contributed by atoms with van der Waals surface area (Å²) < 4.78 is 39.8. The number of alkyl halides is 4. The van der Waals surface area contributed by atoms with Crippen molar-refractivity contribution in [3.8, 4) is 0 Å². The molecular formula is C11H20ClF3O. The first-order valence-electron chi connectivity index (χ1n) is 5.37. The zero-order valence-corrected chi connectivity index (χ0v) is 10.8. The first kappa shape index (κ1) is 16.0. The average Bonchev–Trinajstić information content (AvgIpc) is 2.07. The highest BCUT2D eigenvalue weighted by molar-refractivity contribution is 6.18. The van der Waals surface area contributed by atoms with Gasteiger partial charge < -0.3 is 4.74 Å². The highest BCUT2D eigenvalue weighted by Gasteiger charge is 2.27. The molecule has 0 aliphatic rings. The molecule has 1 atom stereocenters. The van der Waals surface area contributed by atoms with E-state index in [4.69, 9.17) is 11.6 Å². The first-order valence-corrected chi connectivity index (χ1v) is 5.90.